The maximum Gasteiger partial charge on any atom is 0.321 e. The largest absolute Gasteiger partial charge is 0.393 e. The Morgan fingerprint density at radius 2 is 2.05 bits per heavy atom. The Hall–Kier alpha value is -1.75. The molecule has 1 aliphatic carbocycles. The van der Waals surface area contributed by atoms with E-state index in [-0.39, 0.29) is 18.1 Å². The van der Waals surface area contributed by atoms with Crippen LogP contribution in [-0.4, -0.2) is 49.3 Å². The average Bonchev–Trinajstić information content (AvgIpc) is 2.92. The number of amides is 2. The number of aliphatic hydroxyl groups excluding tert-OH is 1. The molecule has 1 fully saturated rings. The average molecular weight is 305 g/mol. The number of aliphatic hydroxyl groups is 1. The first-order valence-corrected chi connectivity index (χ1v) is 8.03. The third-order valence-electron chi connectivity index (χ3n) is 4.51. The molecule has 1 aromatic carbocycles. The molecule has 0 bridgehead atoms. The van der Waals surface area contributed by atoms with Crippen LogP contribution < -0.4 is 10.2 Å². The van der Waals surface area contributed by atoms with Crippen molar-refractivity contribution in [1.82, 2.24) is 4.90 Å². The van der Waals surface area contributed by atoms with E-state index in [1.807, 2.05) is 31.3 Å². The van der Waals surface area contributed by atoms with E-state index in [1.165, 1.54) is 0 Å². The monoisotopic (exact) mass is 305 g/mol. The molecule has 0 heterocycles. The smallest absolute Gasteiger partial charge is 0.321 e. The molecule has 2 unspecified atom stereocenters. The van der Waals surface area contributed by atoms with Crippen molar-refractivity contribution >= 4 is 17.4 Å². The number of hydrogen-bond donors (Lipinski definition) is 2. The summed E-state index contributed by atoms with van der Waals surface area (Å²) in [5.74, 6) is 0.198. The Morgan fingerprint density at radius 3 is 2.68 bits per heavy atom. The second kappa shape index (κ2) is 7.49. The van der Waals surface area contributed by atoms with Crippen LogP contribution in [-0.2, 0) is 0 Å². The summed E-state index contributed by atoms with van der Waals surface area (Å²) < 4.78 is 0. The quantitative estimate of drug-likeness (QED) is 0.879. The fraction of sp³-hybridized carbons (Fsp3) is 0.588. The number of hydrogen-bond acceptors (Lipinski definition) is 3. The van der Waals surface area contributed by atoms with Crippen LogP contribution in [0.5, 0.6) is 0 Å². The van der Waals surface area contributed by atoms with Crippen molar-refractivity contribution in [3.63, 3.8) is 0 Å². The van der Waals surface area contributed by atoms with Crippen LogP contribution in [0.4, 0.5) is 16.2 Å². The molecule has 122 valence electrons. The maximum atomic E-state index is 12.4. The summed E-state index contributed by atoms with van der Waals surface area (Å²) >= 11 is 0. The summed E-state index contributed by atoms with van der Waals surface area (Å²) in [7, 11) is 3.79. The van der Waals surface area contributed by atoms with Gasteiger partial charge in [-0.15, -0.1) is 0 Å². The van der Waals surface area contributed by atoms with Crippen molar-refractivity contribution in [3.8, 4) is 0 Å². The zero-order chi connectivity index (χ0) is 16.1. The van der Waals surface area contributed by atoms with E-state index in [0.717, 1.165) is 37.2 Å². The molecule has 1 aromatic rings. The number of carbonyl (C=O) groups is 1. The fourth-order valence-corrected chi connectivity index (χ4v) is 2.96. The molecular formula is C17H27N3O2. The highest BCUT2D eigenvalue weighted by Gasteiger charge is 2.27. The molecule has 2 atom stereocenters. The number of rotatable bonds is 5. The molecule has 2 amide bonds. The van der Waals surface area contributed by atoms with Gasteiger partial charge in [-0.2, -0.15) is 0 Å². The second-order valence-corrected chi connectivity index (χ2v) is 6.10. The Labute approximate surface area is 132 Å². The summed E-state index contributed by atoms with van der Waals surface area (Å²) in [6, 6.07) is 7.67. The first-order chi connectivity index (χ1) is 10.5. The fourth-order valence-electron chi connectivity index (χ4n) is 2.96. The zero-order valence-corrected chi connectivity index (χ0v) is 13.7. The molecule has 1 aliphatic rings. The van der Waals surface area contributed by atoms with E-state index < -0.39 is 0 Å². The van der Waals surface area contributed by atoms with E-state index in [1.54, 1.807) is 11.9 Å². The Balaban J connectivity index is 1.99. The molecule has 0 saturated heterocycles. The van der Waals surface area contributed by atoms with E-state index in [0.29, 0.717) is 6.54 Å². The van der Waals surface area contributed by atoms with Gasteiger partial charge in [0.25, 0.3) is 0 Å². The van der Waals surface area contributed by atoms with Gasteiger partial charge in [-0.1, -0.05) is 18.6 Å². The van der Waals surface area contributed by atoms with Crippen molar-refractivity contribution in [3.05, 3.63) is 24.3 Å². The lowest BCUT2D eigenvalue weighted by Crippen LogP contribution is -2.37. The third kappa shape index (κ3) is 3.91. The van der Waals surface area contributed by atoms with E-state index in [4.69, 9.17) is 0 Å². The summed E-state index contributed by atoms with van der Waals surface area (Å²) in [4.78, 5) is 16.1. The van der Waals surface area contributed by atoms with Crippen LogP contribution in [0.1, 0.15) is 26.2 Å². The van der Waals surface area contributed by atoms with E-state index in [9.17, 15) is 9.90 Å². The lowest BCUT2D eigenvalue weighted by Gasteiger charge is -2.25. The Bertz CT molecular complexity index is 506. The van der Waals surface area contributed by atoms with Gasteiger partial charge in [-0.05, 0) is 31.9 Å². The number of benzene rings is 1. The molecule has 0 aliphatic heterocycles. The number of anilines is 2. The molecule has 22 heavy (non-hydrogen) atoms. The summed E-state index contributed by atoms with van der Waals surface area (Å²) in [6.45, 7) is 3.54. The zero-order valence-electron chi connectivity index (χ0n) is 13.7. The predicted octanol–water partition coefficient (Wildman–Crippen LogP) is 2.77. The number of urea groups is 1. The second-order valence-electron chi connectivity index (χ2n) is 6.10. The topological polar surface area (TPSA) is 55.8 Å². The minimum absolute atomic E-state index is 0.129. The van der Waals surface area contributed by atoms with Crippen molar-refractivity contribution in [2.45, 2.75) is 32.3 Å². The molecule has 0 spiro atoms. The molecule has 5 heteroatoms. The number of carbonyl (C=O) groups excluding carboxylic acids is 1. The highest BCUT2D eigenvalue weighted by atomic mass is 16.3. The SMILES string of the molecule is CCN(C)c1ccccc1NC(=O)N(C)CC1CCCC1O. The Kier molecular flexibility index (Phi) is 5.66. The summed E-state index contributed by atoms with van der Waals surface area (Å²) in [5.41, 5.74) is 1.82. The van der Waals surface area contributed by atoms with Crippen LogP contribution in [0.2, 0.25) is 0 Å². The number of nitrogens with one attached hydrogen (secondary N) is 1. The van der Waals surface area contributed by atoms with Crippen LogP contribution in [0.25, 0.3) is 0 Å². The van der Waals surface area contributed by atoms with Crippen LogP contribution in [0.15, 0.2) is 24.3 Å². The van der Waals surface area contributed by atoms with Gasteiger partial charge in [0.1, 0.15) is 0 Å². The molecule has 5 nitrogen and oxygen atoms in total. The van der Waals surface area contributed by atoms with Gasteiger partial charge >= 0.3 is 6.03 Å². The number of para-hydroxylation sites is 2. The van der Waals surface area contributed by atoms with E-state index in [2.05, 4.69) is 17.1 Å². The molecule has 0 radical (unpaired) electrons. The normalized spacial score (nSPS) is 20.7. The first-order valence-electron chi connectivity index (χ1n) is 8.03. The van der Waals surface area contributed by atoms with Crippen LogP contribution in [0, 0.1) is 5.92 Å². The van der Waals surface area contributed by atoms with Gasteiger partial charge in [-0.25, -0.2) is 4.79 Å². The van der Waals surface area contributed by atoms with E-state index >= 15 is 0 Å². The Morgan fingerprint density at radius 1 is 1.32 bits per heavy atom. The summed E-state index contributed by atoms with van der Waals surface area (Å²) in [6.07, 6.45) is 2.62. The minimum Gasteiger partial charge on any atom is -0.393 e. The molecule has 2 rings (SSSR count). The number of nitrogens with zero attached hydrogens (tertiary/aromatic N) is 2. The van der Waals surface area contributed by atoms with Crippen LogP contribution in [0.3, 0.4) is 0 Å². The minimum atomic E-state index is -0.270. The molecular weight excluding hydrogens is 278 g/mol. The first kappa shape index (κ1) is 16.6. The third-order valence-corrected chi connectivity index (χ3v) is 4.51. The predicted molar refractivity (Wildman–Crippen MR) is 90.4 cm³/mol. The highest BCUT2D eigenvalue weighted by Crippen LogP contribution is 2.27. The van der Waals surface area contributed by atoms with Crippen molar-refractivity contribution in [2.75, 3.05) is 37.4 Å². The van der Waals surface area contributed by atoms with Gasteiger partial charge in [0.2, 0.25) is 0 Å². The van der Waals surface area contributed by atoms with Gasteiger partial charge in [0, 0.05) is 33.1 Å². The molecule has 1 saturated carbocycles. The highest BCUT2D eigenvalue weighted by molar-refractivity contribution is 5.93. The summed E-state index contributed by atoms with van der Waals surface area (Å²) in [5, 5.41) is 12.9. The van der Waals surface area contributed by atoms with Gasteiger partial charge < -0.3 is 20.2 Å². The molecule has 0 aromatic heterocycles. The van der Waals surface area contributed by atoms with Crippen LogP contribution >= 0.6 is 0 Å². The lowest BCUT2D eigenvalue weighted by molar-refractivity contribution is 0.116. The van der Waals surface area contributed by atoms with Crippen molar-refractivity contribution in [1.29, 1.82) is 0 Å². The van der Waals surface area contributed by atoms with Gasteiger partial charge in [0.15, 0.2) is 0 Å². The maximum absolute atomic E-state index is 12.4. The lowest BCUT2D eigenvalue weighted by atomic mass is 10.1. The standard InChI is InChI=1S/C17H27N3O2/c1-4-19(2)15-10-6-5-9-14(15)18-17(22)20(3)12-13-8-7-11-16(13)21/h5-6,9-10,13,16,21H,4,7-8,11-12H2,1-3H3,(H,18,22). The van der Waals surface area contributed by atoms with Gasteiger partial charge in [0.05, 0.1) is 17.5 Å². The van der Waals surface area contributed by atoms with Gasteiger partial charge in [-0.3, -0.25) is 0 Å². The van der Waals surface area contributed by atoms with Crippen molar-refractivity contribution in [2.24, 2.45) is 5.92 Å². The van der Waals surface area contributed by atoms with Crippen molar-refractivity contribution < 1.29 is 9.90 Å². The molecule has 2 N–H and O–H groups in total.